The summed E-state index contributed by atoms with van der Waals surface area (Å²) in [7, 11) is 0. The molecule has 1 unspecified atom stereocenters. The van der Waals surface area contributed by atoms with E-state index in [0.717, 1.165) is 35.9 Å². The first-order valence-corrected chi connectivity index (χ1v) is 11.8. The summed E-state index contributed by atoms with van der Waals surface area (Å²) in [5.41, 5.74) is 3.56. The third-order valence-corrected chi connectivity index (χ3v) is 6.44. The molecule has 8 heteroatoms. The van der Waals surface area contributed by atoms with E-state index in [0.29, 0.717) is 18.8 Å². The molecule has 0 bridgehead atoms. The topological polar surface area (TPSA) is 72.3 Å². The number of thiazole rings is 1. The highest BCUT2D eigenvalue weighted by Gasteiger charge is 2.22. The van der Waals surface area contributed by atoms with Crippen molar-refractivity contribution in [3.8, 4) is 16.3 Å². The van der Waals surface area contributed by atoms with E-state index in [1.165, 1.54) is 16.9 Å². The molecule has 1 aliphatic rings. The lowest BCUT2D eigenvalue weighted by atomic mass is 10.2. The number of para-hydroxylation sites is 1. The van der Waals surface area contributed by atoms with Crippen LogP contribution in [0.4, 0.5) is 0 Å². The van der Waals surface area contributed by atoms with Gasteiger partial charge in [-0.25, -0.2) is 9.67 Å². The predicted molar refractivity (Wildman–Crippen MR) is 128 cm³/mol. The molecule has 4 aromatic rings. The Hall–Kier alpha value is -3.33. The van der Waals surface area contributed by atoms with Gasteiger partial charge in [0.05, 0.1) is 24.6 Å². The van der Waals surface area contributed by atoms with Crippen LogP contribution in [-0.4, -0.2) is 57.9 Å². The average molecular weight is 460 g/mol. The number of nitrogens with zero attached hydrogens (tertiary/aromatic N) is 4. The van der Waals surface area contributed by atoms with Gasteiger partial charge in [0.1, 0.15) is 10.7 Å². The van der Waals surface area contributed by atoms with E-state index in [2.05, 4.69) is 44.6 Å². The highest BCUT2D eigenvalue weighted by molar-refractivity contribution is 7.13. The minimum absolute atomic E-state index is 0.0337. The van der Waals surface area contributed by atoms with Gasteiger partial charge in [0, 0.05) is 43.3 Å². The van der Waals surface area contributed by atoms with Gasteiger partial charge >= 0.3 is 0 Å². The summed E-state index contributed by atoms with van der Waals surface area (Å²) in [5, 5.41) is 9.95. The number of aromatic nitrogens is 3. The summed E-state index contributed by atoms with van der Waals surface area (Å²) in [6, 6.07) is 20.3. The van der Waals surface area contributed by atoms with Crippen molar-refractivity contribution in [1.29, 1.82) is 0 Å². The van der Waals surface area contributed by atoms with Gasteiger partial charge in [-0.3, -0.25) is 9.69 Å². The van der Waals surface area contributed by atoms with Gasteiger partial charge in [0.25, 0.3) is 5.91 Å². The number of rotatable bonds is 7. The molecule has 1 saturated heterocycles. The Bertz CT molecular complexity index is 1190. The first-order valence-electron chi connectivity index (χ1n) is 11.0. The van der Waals surface area contributed by atoms with E-state index in [4.69, 9.17) is 4.74 Å². The number of hydrogen-bond acceptors (Lipinski definition) is 6. The molecule has 0 aliphatic carbocycles. The zero-order chi connectivity index (χ0) is 22.5. The van der Waals surface area contributed by atoms with Crippen molar-refractivity contribution in [1.82, 2.24) is 25.0 Å². The van der Waals surface area contributed by atoms with Crippen molar-refractivity contribution >= 4 is 17.2 Å². The van der Waals surface area contributed by atoms with Crippen molar-refractivity contribution in [2.24, 2.45) is 0 Å². The van der Waals surface area contributed by atoms with Gasteiger partial charge in [-0.1, -0.05) is 48.5 Å². The van der Waals surface area contributed by atoms with E-state index in [9.17, 15) is 4.79 Å². The number of carbonyl (C=O) groups excluding carboxylic acids is 1. The predicted octanol–water partition coefficient (Wildman–Crippen LogP) is 3.63. The molecule has 5 rings (SSSR count). The van der Waals surface area contributed by atoms with Crippen LogP contribution in [0.1, 0.15) is 16.1 Å². The molecule has 1 N–H and O–H groups in total. The van der Waals surface area contributed by atoms with Crippen molar-refractivity contribution < 1.29 is 9.53 Å². The number of benzene rings is 2. The molecule has 0 saturated carbocycles. The molecule has 33 heavy (non-hydrogen) atoms. The molecule has 0 radical (unpaired) electrons. The Morgan fingerprint density at radius 1 is 1.12 bits per heavy atom. The van der Waals surface area contributed by atoms with Gasteiger partial charge in [-0.15, -0.1) is 11.3 Å². The van der Waals surface area contributed by atoms with Gasteiger partial charge < -0.3 is 10.1 Å². The number of morpholine rings is 1. The lowest BCUT2D eigenvalue weighted by Gasteiger charge is -2.33. The number of hydrogen-bond donors (Lipinski definition) is 1. The van der Waals surface area contributed by atoms with Crippen molar-refractivity contribution in [2.45, 2.75) is 12.6 Å². The molecular weight excluding hydrogens is 434 g/mol. The van der Waals surface area contributed by atoms with Crippen molar-refractivity contribution in [3.63, 3.8) is 0 Å². The van der Waals surface area contributed by atoms with Crippen LogP contribution in [0.15, 0.2) is 78.4 Å². The summed E-state index contributed by atoms with van der Waals surface area (Å²) in [6.45, 7) is 3.70. The van der Waals surface area contributed by atoms with Gasteiger partial charge in [0.15, 0.2) is 0 Å². The van der Waals surface area contributed by atoms with Gasteiger partial charge in [-0.2, -0.15) is 5.10 Å². The van der Waals surface area contributed by atoms with Crippen LogP contribution < -0.4 is 5.32 Å². The van der Waals surface area contributed by atoms with Crippen molar-refractivity contribution in [2.75, 3.05) is 26.2 Å². The van der Waals surface area contributed by atoms with Crippen LogP contribution in [0, 0.1) is 0 Å². The minimum atomic E-state index is -0.184. The van der Waals surface area contributed by atoms with Crippen LogP contribution in [0.3, 0.4) is 0 Å². The zero-order valence-electron chi connectivity index (χ0n) is 18.1. The molecular formula is C25H25N5O2S. The first kappa shape index (κ1) is 21.5. The standard InChI is InChI=1S/C25H25N5O2S/c31-24(26-14-22-17-29(11-12-32-22)15-19-7-3-1-4-8-19)23-18-33-25(28-23)20-13-27-30(16-20)21-9-5-2-6-10-21/h1-10,13,16,18,22H,11-12,14-15,17H2,(H,26,31). The molecule has 1 fully saturated rings. The molecule has 1 amide bonds. The zero-order valence-corrected chi connectivity index (χ0v) is 18.9. The third-order valence-electron chi connectivity index (χ3n) is 5.55. The summed E-state index contributed by atoms with van der Waals surface area (Å²) >= 11 is 1.44. The summed E-state index contributed by atoms with van der Waals surface area (Å²) in [5.74, 6) is -0.184. The molecule has 168 valence electrons. The normalized spacial score (nSPS) is 16.5. The molecule has 2 aromatic carbocycles. The Balaban J connectivity index is 1.16. The van der Waals surface area contributed by atoms with Gasteiger partial charge in [0.2, 0.25) is 0 Å². The molecule has 2 aromatic heterocycles. The Morgan fingerprint density at radius 3 is 2.73 bits per heavy atom. The highest BCUT2D eigenvalue weighted by atomic mass is 32.1. The second-order valence-corrected chi connectivity index (χ2v) is 8.83. The molecule has 1 aliphatic heterocycles. The van der Waals surface area contributed by atoms with E-state index in [1.54, 1.807) is 16.3 Å². The Kier molecular flexibility index (Phi) is 6.57. The van der Waals surface area contributed by atoms with Crippen LogP contribution in [0.2, 0.25) is 0 Å². The molecule has 0 spiro atoms. The van der Waals surface area contributed by atoms with Crippen molar-refractivity contribution in [3.05, 3.63) is 89.7 Å². The van der Waals surface area contributed by atoms with E-state index >= 15 is 0 Å². The maximum atomic E-state index is 12.7. The minimum Gasteiger partial charge on any atom is -0.374 e. The number of amides is 1. The molecule has 3 heterocycles. The lowest BCUT2D eigenvalue weighted by molar-refractivity contribution is -0.0292. The average Bonchev–Trinajstić information content (AvgIpc) is 3.54. The fraction of sp³-hybridized carbons (Fsp3) is 0.240. The maximum absolute atomic E-state index is 12.7. The summed E-state index contributed by atoms with van der Waals surface area (Å²) in [6.07, 6.45) is 3.66. The Labute approximate surface area is 196 Å². The largest absolute Gasteiger partial charge is 0.374 e. The molecule has 7 nitrogen and oxygen atoms in total. The summed E-state index contributed by atoms with van der Waals surface area (Å²) in [4.78, 5) is 19.6. The van der Waals surface area contributed by atoms with Crippen LogP contribution >= 0.6 is 11.3 Å². The third kappa shape index (κ3) is 5.36. The van der Waals surface area contributed by atoms with E-state index < -0.39 is 0 Å². The number of ether oxygens (including phenoxy) is 1. The fourth-order valence-corrected chi connectivity index (χ4v) is 4.63. The first-order chi connectivity index (χ1) is 16.2. The lowest BCUT2D eigenvalue weighted by Crippen LogP contribution is -2.47. The SMILES string of the molecule is O=C(NCC1CN(Cc2ccccc2)CCO1)c1csc(-c2cnn(-c3ccccc3)c2)n1. The van der Waals surface area contributed by atoms with Crippen LogP contribution in [0.25, 0.3) is 16.3 Å². The van der Waals surface area contributed by atoms with Crippen LogP contribution in [0.5, 0.6) is 0 Å². The number of carbonyl (C=O) groups is 1. The smallest absolute Gasteiger partial charge is 0.270 e. The molecule has 1 atom stereocenters. The van der Waals surface area contributed by atoms with Gasteiger partial charge in [-0.05, 0) is 17.7 Å². The second kappa shape index (κ2) is 10.1. The second-order valence-electron chi connectivity index (χ2n) is 7.97. The monoisotopic (exact) mass is 459 g/mol. The van der Waals surface area contributed by atoms with Crippen LogP contribution in [-0.2, 0) is 11.3 Å². The number of nitrogens with one attached hydrogen (secondary N) is 1. The van der Waals surface area contributed by atoms with E-state index in [-0.39, 0.29) is 12.0 Å². The fourth-order valence-electron chi connectivity index (χ4n) is 3.85. The summed E-state index contributed by atoms with van der Waals surface area (Å²) < 4.78 is 7.67. The quantitative estimate of drug-likeness (QED) is 0.457. The Morgan fingerprint density at radius 2 is 1.91 bits per heavy atom. The maximum Gasteiger partial charge on any atom is 0.270 e. The highest BCUT2D eigenvalue weighted by Crippen LogP contribution is 2.24. The van der Waals surface area contributed by atoms with E-state index in [1.807, 2.05) is 42.6 Å².